The molecule has 0 aliphatic carbocycles. The van der Waals surface area contributed by atoms with E-state index >= 15 is 0 Å². The molecular formula is C36H38Cl2N6O3. The average molecular weight is 674 g/mol. The van der Waals surface area contributed by atoms with Crippen molar-refractivity contribution in [1.29, 1.82) is 0 Å². The highest BCUT2D eigenvalue weighted by molar-refractivity contribution is 6.39. The van der Waals surface area contributed by atoms with E-state index in [0.717, 1.165) is 64.2 Å². The fraction of sp³-hybridized carbons (Fsp3) is 0.333. The molecule has 4 N–H and O–H groups in total. The van der Waals surface area contributed by atoms with E-state index in [0.29, 0.717) is 54.1 Å². The molecule has 2 aliphatic rings. The summed E-state index contributed by atoms with van der Waals surface area (Å²) in [5, 5.41) is 13.9. The second kappa shape index (κ2) is 14.8. The Morgan fingerprint density at radius 2 is 1.21 bits per heavy atom. The van der Waals surface area contributed by atoms with Crippen LogP contribution in [0.5, 0.6) is 5.88 Å². The third kappa shape index (κ3) is 7.60. The zero-order valence-corrected chi connectivity index (χ0v) is 28.0. The molecule has 2 amide bonds. The minimum absolute atomic E-state index is 0.103. The number of hydrogen-bond donors (Lipinski definition) is 4. The SMILES string of the molecule is COc1nc(-c2cccc(-c3cccc(-c4ccc(CNC[C@@H]5CCC(=O)N5)c(C)n4)c3Cl)c2Cl)ccc1CNC[C@@H]1CCC(=O)N1. The topological polar surface area (TPSA) is 117 Å². The van der Waals surface area contributed by atoms with Crippen molar-refractivity contribution in [3.63, 3.8) is 0 Å². The lowest BCUT2D eigenvalue weighted by Gasteiger charge is -2.16. The van der Waals surface area contributed by atoms with E-state index in [1.807, 2.05) is 61.5 Å². The van der Waals surface area contributed by atoms with Crippen molar-refractivity contribution in [2.45, 2.75) is 57.8 Å². The standard InChI is InChI=1S/C36H38Cl2N6O3/c1-21-22(17-39-19-24-11-15-32(45)42-24)9-13-30(41-21)28-7-3-5-26(34(28)37)27-6-4-8-29(35(27)38)31-14-10-23(36(44-31)47-2)18-40-20-25-12-16-33(46)43-25/h3-10,13-14,24-25,39-40H,11-12,15-20H2,1-2H3,(H,42,45)(H,43,46)/t24-,25-/m0/s1. The molecule has 2 aliphatic heterocycles. The molecule has 2 aromatic carbocycles. The van der Waals surface area contributed by atoms with Gasteiger partial charge in [0.1, 0.15) is 0 Å². The lowest BCUT2D eigenvalue weighted by Crippen LogP contribution is -2.35. The van der Waals surface area contributed by atoms with Crippen LogP contribution in [0.3, 0.4) is 0 Å². The van der Waals surface area contributed by atoms with Crippen LogP contribution in [0.1, 0.15) is 42.5 Å². The van der Waals surface area contributed by atoms with E-state index in [9.17, 15) is 9.59 Å². The Bertz CT molecular complexity index is 1800. The number of rotatable bonds is 12. The van der Waals surface area contributed by atoms with Crippen molar-refractivity contribution in [3.05, 3.63) is 87.5 Å². The number of methoxy groups -OCH3 is 1. The predicted octanol–water partition coefficient (Wildman–Crippen LogP) is 5.84. The lowest BCUT2D eigenvalue weighted by atomic mass is 9.98. The van der Waals surface area contributed by atoms with E-state index in [1.54, 1.807) is 7.11 Å². The van der Waals surface area contributed by atoms with Gasteiger partial charge in [-0.15, -0.1) is 0 Å². The van der Waals surface area contributed by atoms with Crippen molar-refractivity contribution in [3.8, 4) is 39.5 Å². The number of carbonyl (C=O) groups is 2. The molecule has 2 fully saturated rings. The molecule has 47 heavy (non-hydrogen) atoms. The number of aromatic nitrogens is 2. The van der Waals surface area contributed by atoms with Gasteiger partial charge in [0.25, 0.3) is 0 Å². The lowest BCUT2D eigenvalue weighted by molar-refractivity contribution is -0.120. The fourth-order valence-corrected chi connectivity index (χ4v) is 6.81. The molecule has 244 valence electrons. The Balaban J connectivity index is 1.19. The Labute approximate surface area is 284 Å². The molecule has 0 radical (unpaired) electrons. The number of hydrogen-bond acceptors (Lipinski definition) is 7. The molecule has 6 rings (SSSR count). The van der Waals surface area contributed by atoms with E-state index in [-0.39, 0.29) is 23.9 Å². The summed E-state index contributed by atoms with van der Waals surface area (Å²) in [4.78, 5) is 32.6. The number of nitrogens with zero attached hydrogens (tertiary/aromatic N) is 2. The maximum atomic E-state index is 11.5. The molecule has 0 bridgehead atoms. The minimum Gasteiger partial charge on any atom is -0.481 e. The van der Waals surface area contributed by atoms with Gasteiger partial charge in [0.05, 0.1) is 28.5 Å². The van der Waals surface area contributed by atoms with Crippen LogP contribution in [0, 0.1) is 6.92 Å². The molecule has 2 saturated heterocycles. The first-order chi connectivity index (χ1) is 22.8. The van der Waals surface area contributed by atoms with Crippen LogP contribution in [0.4, 0.5) is 0 Å². The van der Waals surface area contributed by atoms with Gasteiger partial charge in [-0.3, -0.25) is 14.6 Å². The summed E-state index contributed by atoms with van der Waals surface area (Å²) in [5.41, 5.74) is 7.55. The van der Waals surface area contributed by atoms with Crippen molar-refractivity contribution in [2.75, 3.05) is 20.2 Å². The number of pyridine rings is 2. The monoisotopic (exact) mass is 672 g/mol. The minimum atomic E-state index is 0.103. The maximum absolute atomic E-state index is 11.5. The number of aryl methyl sites for hydroxylation is 1. The van der Waals surface area contributed by atoms with Crippen LogP contribution < -0.4 is 26.0 Å². The summed E-state index contributed by atoms with van der Waals surface area (Å²) >= 11 is 14.1. The third-order valence-corrected chi connectivity index (χ3v) is 9.56. The van der Waals surface area contributed by atoms with Crippen molar-refractivity contribution >= 4 is 35.0 Å². The number of nitrogens with one attached hydrogen (secondary N) is 4. The van der Waals surface area contributed by atoms with Gasteiger partial charge in [-0.1, -0.05) is 71.7 Å². The van der Waals surface area contributed by atoms with Gasteiger partial charge in [0.15, 0.2) is 0 Å². The maximum Gasteiger partial charge on any atom is 0.220 e. The fourth-order valence-electron chi connectivity index (χ4n) is 6.16. The molecule has 2 aromatic heterocycles. The summed E-state index contributed by atoms with van der Waals surface area (Å²) in [6, 6.07) is 20.0. The normalized spacial score (nSPS) is 17.5. The van der Waals surface area contributed by atoms with Gasteiger partial charge in [0, 0.05) is 84.6 Å². The highest BCUT2D eigenvalue weighted by atomic mass is 35.5. The second-order valence-corrected chi connectivity index (χ2v) is 12.8. The van der Waals surface area contributed by atoms with Crippen molar-refractivity contribution < 1.29 is 14.3 Å². The number of halogens is 2. The molecule has 4 aromatic rings. The number of ether oxygens (including phenoxy) is 1. The Morgan fingerprint density at radius 3 is 1.70 bits per heavy atom. The summed E-state index contributed by atoms with van der Waals surface area (Å²) in [6.45, 7) is 4.63. The van der Waals surface area contributed by atoms with Crippen LogP contribution in [-0.2, 0) is 22.7 Å². The first kappa shape index (κ1) is 32.9. The van der Waals surface area contributed by atoms with Crippen LogP contribution in [0.25, 0.3) is 33.6 Å². The number of amides is 2. The molecule has 11 heteroatoms. The van der Waals surface area contributed by atoms with Gasteiger partial charge in [-0.25, -0.2) is 4.98 Å². The van der Waals surface area contributed by atoms with E-state index in [2.05, 4.69) is 27.3 Å². The highest BCUT2D eigenvalue weighted by Gasteiger charge is 2.22. The Kier molecular flexibility index (Phi) is 10.4. The largest absolute Gasteiger partial charge is 0.481 e. The first-order valence-electron chi connectivity index (χ1n) is 15.9. The smallest absolute Gasteiger partial charge is 0.220 e. The van der Waals surface area contributed by atoms with Gasteiger partial charge >= 0.3 is 0 Å². The van der Waals surface area contributed by atoms with E-state index in [4.69, 9.17) is 37.9 Å². The molecule has 4 heterocycles. The molecule has 9 nitrogen and oxygen atoms in total. The average Bonchev–Trinajstić information content (AvgIpc) is 3.69. The summed E-state index contributed by atoms with van der Waals surface area (Å²) in [7, 11) is 1.60. The van der Waals surface area contributed by atoms with Crippen LogP contribution in [0.15, 0.2) is 60.7 Å². The second-order valence-electron chi connectivity index (χ2n) is 12.0. The molecule has 0 saturated carbocycles. The van der Waals surface area contributed by atoms with Gasteiger partial charge in [0.2, 0.25) is 17.7 Å². The van der Waals surface area contributed by atoms with Gasteiger partial charge < -0.3 is 26.0 Å². The van der Waals surface area contributed by atoms with Crippen LogP contribution >= 0.6 is 23.2 Å². The first-order valence-corrected chi connectivity index (χ1v) is 16.6. The van der Waals surface area contributed by atoms with E-state index < -0.39 is 0 Å². The Morgan fingerprint density at radius 1 is 0.723 bits per heavy atom. The van der Waals surface area contributed by atoms with Crippen LogP contribution in [0.2, 0.25) is 10.0 Å². The molecule has 2 atom stereocenters. The number of benzene rings is 2. The van der Waals surface area contributed by atoms with Gasteiger partial charge in [-0.2, -0.15) is 0 Å². The summed E-state index contributed by atoms with van der Waals surface area (Å²) < 4.78 is 5.64. The summed E-state index contributed by atoms with van der Waals surface area (Å²) in [5.74, 6) is 0.734. The van der Waals surface area contributed by atoms with Crippen molar-refractivity contribution in [2.24, 2.45) is 0 Å². The zero-order valence-electron chi connectivity index (χ0n) is 26.5. The van der Waals surface area contributed by atoms with Crippen molar-refractivity contribution in [1.82, 2.24) is 31.2 Å². The Hall–Kier alpha value is -4.02. The zero-order chi connectivity index (χ0) is 32.9. The highest BCUT2D eigenvalue weighted by Crippen LogP contribution is 2.42. The third-order valence-electron chi connectivity index (χ3n) is 8.75. The predicted molar refractivity (Wildman–Crippen MR) is 185 cm³/mol. The van der Waals surface area contributed by atoms with E-state index in [1.165, 1.54) is 0 Å². The van der Waals surface area contributed by atoms with Crippen LogP contribution in [-0.4, -0.2) is 54.1 Å². The molecular weight excluding hydrogens is 635 g/mol. The summed E-state index contributed by atoms with van der Waals surface area (Å²) in [6.07, 6.45) is 2.88. The molecule has 0 unspecified atom stereocenters. The quantitative estimate of drug-likeness (QED) is 0.149. The molecule has 0 spiro atoms. The van der Waals surface area contributed by atoms with Gasteiger partial charge in [-0.05, 0) is 37.5 Å². The number of carbonyl (C=O) groups excluding carboxylic acids is 2.